The Balaban J connectivity index is 2.58. The Morgan fingerprint density at radius 1 is 1.41 bits per heavy atom. The Hall–Kier alpha value is -1.00. The average Bonchev–Trinajstić information content (AvgIpc) is 2.36. The molecule has 0 spiro atoms. The molecule has 0 saturated carbocycles. The van der Waals surface area contributed by atoms with Crippen LogP contribution >= 0.6 is 11.8 Å². The van der Waals surface area contributed by atoms with Crippen molar-refractivity contribution < 1.29 is 9.53 Å². The predicted octanol–water partition coefficient (Wildman–Crippen LogP) is 2.20. The van der Waals surface area contributed by atoms with Crippen LogP contribution in [0.25, 0.3) is 0 Å². The van der Waals surface area contributed by atoms with Crippen molar-refractivity contribution in [3.8, 4) is 0 Å². The van der Waals surface area contributed by atoms with Crippen molar-refractivity contribution in [3.63, 3.8) is 0 Å². The van der Waals surface area contributed by atoms with Gasteiger partial charge in [0.2, 0.25) is 0 Å². The molecule has 0 aliphatic heterocycles. The molecule has 0 unspecified atom stereocenters. The minimum atomic E-state index is -0.610. The van der Waals surface area contributed by atoms with Gasteiger partial charge in [-0.15, -0.1) is 11.8 Å². The van der Waals surface area contributed by atoms with Crippen molar-refractivity contribution >= 4 is 17.7 Å². The molecule has 1 aromatic rings. The third kappa shape index (κ3) is 4.06. The number of carbonyl (C=O) groups excluding carboxylic acids is 1. The van der Waals surface area contributed by atoms with Gasteiger partial charge in [0.25, 0.3) is 0 Å². The minimum Gasteiger partial charge on any atom is -0.468 e. The summed E-state index contributed by atoms with van der Waals surface area (Å²) in [7, 11) is 1.36. The Bertz CT molecular complexity index is 365. The molecule has 0 saturated heterocycles. The second-order valence-corrected chi connectivity index (χ2v) is 6.01. The lowest BCUT2D eigenvalue weighted by molar-refractivity contribution is -0.142. The van der Waals surface area contributed by atoms with Crippen LogP contribution in [0.5, 0.6) is 0 Å². The molecule has 1 atom stereocenters. The highest BCUT2D eigenvalue weighted by molar-refractivity contribution is 7.99. The molecule has 0 aliphatic rings. The van der Waals surface area contributed by atoms with E-state index in [2.05, 4.69) is 16.9 Å². The molecule has 1 aromatic carbocycles. The Morgan fingerprint density at radius 2 is 2.00 bits per heavy atom. The second kappa shape index (κ2) is 6.07. The van der Waals surface area contributed by atoms with E-state index in [0.717, 1.165) is 5.75 Å². The molecule has 4 heteroatoms. The van der Waals surface area contributed by atoms with Gasteiger partial charge >= 0.3 is 5.97 Å². The van der Waals surface area contributed by atoms with Crippen molar-refractivity contribution in [1.29, 1.82) is 0 Å². The van der Waals surface area contributed by atoms with Crippen LogP contribution in [0.4, 0.5) is 0 Å². The van der Waals surface area contributed by atoms with Gasteiger partial charge in [0.05, 0.1) is 7.11 Å². The van der Waals surface area contributed by atoms with E-state index in [1.165, 1.54) is 12.7 Å². The fourth-order valence-electron chi connectivity index (χ4n) is 1.34. The third-order valence-electron chi connectivity index (χ3n) is 2.66. The van der Waals surface area contributed by atoms with Crippen LogP contribution in [0.2, 0.25) is 0 Å². The third-order valence-corrected chi connectivity index (χ3v) is 4.13. The van der Waals surface area contributed by atoms with E-state index in [1.807, 2.05) is 32.0 Å². The highest BCUT2D eigenvalue weighted by atomic mass is 32.2. The number of rotatable bonds is 5. The van der Waals surface area contributed by atoms with Gasteiger partial charge in [0.15, 0.2) is 0 Å². The Morgan fingerprint density at radius 3 is 2.53 bits per heavy atom. The molecule has 0 aromatic heterocycles. The average molecular weight is 253 g/mol. The van der Waals surface area contributed by atoms with Gasteiger partial charge in [-0.2, -0.15) is 0 Å². The maximum absolute atomic E-state index is 11.4. The van der Waals surface area contributed by atoms with Gasteiger partial charge in [0, 0.05) is 10.5 Å². The van der Waals surface area contributed by atoms with Crippen LogP contribution in [0.1, 0.15) is 19.4 Å². The van der Waals surface area contributed by atoms with Crippen LogP contribution in [0.3, 0.4) is 0 Å². The fourth-order valence-corrected chi connectivity index (χ4v) is 2.35. The topological polar surface area (TPSA) is 52.3 Å². The molecule has 94 valence electrons. The molecule has 1 rings (SSSR count). The van der Waals surface area contributed by atoms with Gasteiger partial charge in [-0.25, -0.2) is 0 Å². The number of nitrogens with two attached hydrogens (primary N) is 1. The van der Waals surface area contributed by atoms with Gasteiger partial charge in [-0.1, -0.05) is 30.3 Å². The molecule has 0 fully saturated rings. The van der Waals surface area contributed by atoms with Crippen LogP contribution in [-0.4, -0.2) is 23.9 Å². The number of ether oxygens (including phenoxy) is 1. The lowest BCUT2D eigenvalue weighted by Crippen LogP contribution is -2.47. The molecular weight excluding hydrogens is 234 g/mol. The van der Waals surface area contributed by atoms with E-state index in [0.29, 0.717) is 0 Å². The maximum Gasteiger partial charge on any atom is 0.324 e. The highest BCUT2D eigenvalue weighted by Crippen LogP contribution is 2.30. The maximum atomic E-state index is 11.4. The molecular formula is C13H19NO2S. The van der Waals surface area contributed by atoms with Crippen LogP contribution < -0.4 is 5.73 Å². The zero-order chi connectivity index (χ0) is 12.9. The second-order valence-electron chi connectivity index (χ2n) is 4.38. The summed E-state index contributed by atoms with van der Waals surface area (Å²) in [5, 5.41) is 0. The van der Waals surface area contributed by atoms with Crippen LogP contribution in [0, 0.1) is 0 Å². The van der Waals surface area contributed by atoms with Gasteiger partial charge in [0.1, 0.15) is 6.04 Å². The molecule has 2 N–H and O–H groups in total. The van der Waals surface area contributed by atoms with E-state index in [1.54, 1.807) is 11.8 Å². The minimum absolute atomic E-state index is 0.344. The summed E-state index contributed by atoms with van der Waals surface area (Å²) in [6.07, 6.45) is 0. The Kier molecular flexibility index (Phi) is 5.02. The Labute approximate surface area is 107 Å². The van der Waals surface area contributed by atoms with Crippen molar-refractivity contribution in [2.75, 3.05) is 7.11 Å². The zero-order valence-corrected chi connectivity index (χ0v) is 11.3. The standard InChI is InChI=1S/C13H19NO2S/c1-13(2,11(14)12(15)16-3)17-9-10-7-5-4-6-8-10/h4-8,11H,9,14H2,1-3H3/t11-/m1/s1. The number of thioether (sulfide) groups is 1. The van der Waals surface area contributed by atoms with Crippen molar-refractivity contribution in [2.24, 2.45) is 5.73 Å². The van der Waals surface area contributed by atoms with Gasteiger partial charge < -0.3 is 10.5 Å². The summed E-state index contributed by atoms with van der Waals surface area (Å²) in [4.78, 5) is 11.4. The smallest absolute Gasteiger partial charge is 0.324 e. The van der Waals surface area contributed by atoms with Crippen LogP contribution in [0.15, 0.2) is 30.3 Å². The van der Waals surface area contributed by atoms with Crippen molar-refractivity contribution in [1.82, 2.24) is 0 Å². The number of benzene rings is 1. The first-order chi connectivity index (χ1) is 7.97. The van der Waals surface area contributed by atoms with Crippen molar-refractivity contribution in [3.05, 3.63) is 35.9 Å². The molecule has 3 nitrogen and oxygen atoms in total. The molecule has 0 aliphatic carbocycles. The number of hydrogen-bond acceptors (Lipinski definition) is 4. The number of esters is 1. The fraction of sp³-hybridized carbons (Fsp3) is 0.462. The molecule has 0 bridgehead atoms. The monoisotopic (exact) mass is 253 g/mol. The normalized spacial score (nSPS) is 13.2. The zero-order valence-electron chi connectivity index (χ0n) is 10.5. The van der Waals surface area contributed by atoms with E-state index in [9.17, 15) is 4.79 Å². The van der Waals surface area contributed by atoms with Gasteiger partial charge in [-0.05, 0) is 19.4 Å². The summed E-state index contributed by atoms with van der Waals surface area (Å²) in [5.41, 5.74) is 7.10. The summed E-state index contributed by atoms with van der Waals surface area (Å²) in [5.74, 6) is 0.467. The lowest BCUT2D eigenvalue weighted by Gasteiger charge is -2.29. The first kappa shape index (κ1) is 14.1. The number of methoxy groups -OCH3 is 1. The van der Waals surface area contributed by atoms with E-state index in [4.69, 9.17) is 5.73 Å². The summed E-state index contributed by atoms with van der Waals surface area (Å²) >= 11 is 1.66. The van der Waals surface area contributed by atoms with E-state index in [-0.39, 0.29) is 10.7 Å². The molecule has 0 radical (unpaired) electrons. The van der Waals surface area contributed by atoms with E-state index < -0.39 is 6.04 Å². The predicted molar refractivity (Wildman–Crippen MR) is 71.8 cm³/mol. The summed E-state index contributed by atoms with van der Waals surface area (Å²) < 4.78 is 4.33. The highest BCUT2D eigenvalue weighted by Gasteiger charge is 2.33. The quantitative estimate of drug-likeness (QED) is 0.817. The first-order valence-electron chi connectivity index (χ1n) is 5.48. The largest absolute Gasteiger partial charge is 0.468 e. The summed E-state index contributed by atoms with van der Waals surface area (Å²) in [6.45, 7) is 3.92. The van der Waals surface area contributed by atoms with Crippen LogP contribution in [-0.2, 0) is 15.3 Å². The molecule has 0 heterocycles. The molecule has 0 amide bonds. The first-order valence-corrected chi connectivity index (χ1v) is 6.47. The number of hydrogen-bond donors (Lipinski definition) is 1. The van der Waals surface area contributed by atoms with E-state index >= 15 is 0 Å². The summed E-state index contributed by atoms with van der Waals surface area (Å²) in [6, 6.07) is 9.51. The van der Waals surface area contributed by atoms with Crippen molar-refractivity contribution in [2.45, 2.75) is 30.4 Å². The number of carbonyl (C=O) groups is 1. The SMILES string of the molecule is COC(=O)[C@@H](N)C(C)(C)SCc1ccccc1. The molecule has 17 heavy (non-hydrogen) atoms. The lowest BCUT2D eigenvalue weighted by atomic mass is 10.1. The van der Waals surface area contributed by atoms with Gasteiger partial charge in [-0.3, -0.25) is 4.79 Å².